The minimum absolute atomic E-state index is 0.0572. The number of aliphatic hydroxyl groups excluding tert-OH is 1. The monoisotopic (exact) mass is 455 g/mol. The van der Waals surface area contributed by atoms with Gasteiger partial charge in [-0.15, -0.1) is 10.2 Å². The fourth-order valence-corrected chi connectivity index (χ4v) is 3.98. The highest BCUT2D eigenvalue weighted by Crippen LogP contribution is 2.42. The Kier molecular flexibility index (Phi) is 5.33. The van der Waals surface area contributed by atoms with E-state index in [1.54, 1.807) is 35.2 Å². The summed E-state index contributed by atoms with van der Waals surface area (Å²) in [4.78, 5) is 1.78. The zero-order valence-corrected chi connectivity index (χ0v) is 17.0. The van der Waals surface area contributed by atoms with Crippen LogP contribution in [0.5, 0.6) is 0 Å². The second-order valence-corrected chi connectivity index (χ2v) is 7.60. The molecule has 0 spiro atoms. The number of nitrogens with zero attached hydrogens (tertiary/aromatic N) is 3. The third-order valence-corrected chi connectivity index (χ3v) is 5.62. The molecule has 168 valence electrons. The summed E-state index contributed by atoms with van der Waals surface area (Å²) >= 11 is 0. The van der Waals surface area contributed by atoms with Gasteiger partial charge >= 0.3 is 6.43 Å². The standard InChI is InChI=1S/C24H17F4N3O2/c25-20(26)14-7-5-13(6-8-14)17-3-1-2-4-19(17)31-12-16-10-9-15(11-18(16)24(31)32)22-29-30-23(33-22)21(27)28/h1-11,20-21,24,32H,12H2. The molecule has 1 N–H and O–H groups in total. The van der Waals surface area contributed by atoms with Crippen LogP contribution in [0.4, 0.5) is 23.2 Å². The molecule has 0 saturated heterocycles. The van der Waals surface area contributed by atoms with E-state index >= 15 is 0 Å². The van der Waals surface area contributed by atoms with Crippen molar-refractivity contribution < 1.29 is 27.1 Å². The van der Waals surface area contributed by atoms with Crippen LogP contribution < -0.4 is 4.90 Å². The number of hydrogen-bond donors (Lipinski definition) is 1. The minimum atomic E-state index is -2.87. The van der Waals surface area contributed by atoms with Crippen molar-refractivity contribution in [1.82, 2.24) is 10.2 Å². The third kappa shape index (κ3) is 3.84. The Morgan fingerprint density at radius 2 is 1.61 bits per heavy atom. The number of hydrogen-bond acceptors (Lipinski definition) is 5. The zero-order chi connectivity index (χ0) is 23.1. The molecule has 0 fully saturated rings. The summed E-state index contributed by atoms with van der Waals surface area (Å²) in [5.41, 5.74) is 4.05. The number of fused-ring (bicyclic) bond motifs is 1. The molecule has 0 amide bonds. The van der Waals surface area contributed by atoms with Gasteiger partial charge < -0.3 is 14.4 Å². The summed E-state index contributed by atoms with van der Waals surface area (Å²) < 4.78 is 56.4. The number of anilines is 1. The van der Waals surface area contributed by atoms with Crippen LogP contribution in [0, 0.1) is 0 Å². The van der Waals surface area contributed by atoms with Gasteiger partial charge in [0.2, 0.25) is 5.89 Å². The van der Waals surface area contributed by atoms with Crippen molar-refractivity contribution in [2.24, 2.45) is 0 Å². The molecule has 1 atom stereocenters. The van der Waals surface area contributed by atoms with E-state index in [4.69, 9.17) is 4.42 Å². The molecule has 33 heavy (non-hydrogen) atoms. The van der Waals surface area contributed by atoms with Crippen LogP contribution in [-0.4, -0.2) is 15.3 Å². The van der Waals surface area contributed by atoms with E-state index in [2.05, 4.69) is 10.2 Å². The molecular formula is C24H17F4N3O2. The number of para-hydroxylation sites is 1. The minimum Gasteiger partial charge on any atom is -0.415 e. The maximum Gasteiger partial charge on any atom is 0.314 e. The summed E-state index contributed by atoms with van der Waals surface area (Å²) in [7, 11) is 0. The van der Waals surface area contributed by atoms with Gasteiger partial charge in [0.05, 0.1) is 0 Å². The number of alkyl halides is 4. The van der Waals surface area contributed by atoms with E-state index in [-0.39, 0.29) is 11.5 Å². The van der Waals surface area contributed by atoms with E-state index in [0.717, 1.165) is 22.4 Å². The number of benzene rings is 3. The normalized spacial score (nSPS) is 15.5. The molecule has 0 aliphatic carbocycles. The first-order valence-electron chi connectivity index (χ1n) is 10.1. The number of halogens is 4. The van der Waals surface area contributed by atoms with Crippen LogP contribution >= 0.6 is 0 Å². The first-order chi connectivity index (χ1) is 15.9. The molecule has 5 nitrogen and oxygen atoms in total. The summed E-state index contributed by atoms with van der Waals surface area (Å²) in [6.45, 7) is 0.398. The fourth-order valence-electron chi connectivity index (χ4n) is 3.98. The van der Waals surface area contributed by atoms with Crippen molar-refractivity contribution in [3.05, 3.63) is 89.3 Å². The van der Waals surface area contributed by atoms with E-state index < -0.39 is 25.0 Å². The highest BCUT2D eigenvalue weighted by Gasteiger charge is 2.31. The highest BCUT2D eigenvalue weighted by molar-refractivity contribution is 5.80. The molecule has 0 bridgehead atoms. The largest absolute Gasteiger partial charge is 0.415 e. The lowest BCUT2D eigenvalue weighted by atomic mass is 10.0. The van der Waals surface area contributed by atoms with Crippen molar-refractivity contribution >= 4 is 5.69 Å². The Bertz CT molecular complexity index is 1290. The second kappa shape index (κ2) is 8.32. The predicted octanol–water partition coefficient (Wildman–Crippen LogP) is 6.29. The zero-order valence-electron chi connectivity index (χ0n) is 17.0. The smallest absolute Gasteiger partial charge is 0.314 e. The summed E-state index contributed by atoms with van der Waals surface area (Å²) in [6, 6.07) is 18.5. The molecule has 1 aromatic heterocycles. The molecule has 1 unspecified atom stereocenters. The fraction of sp³-hybridized carbons (Fsp3) is 0.167. The van der Waals surface area contributed by atoms with Crippen LogP contribution in [0.25, 0.3) is 22.6 Å². The van der Waals surface area contributed by atoms with Gasteiger partial charge in [0.15, 0.2) is 6.23 Å². The van der Waals surface area contributed by atoms with Gasteiger partial charge in [-0.25, -0.2) is 8.78 Å². The Labute approximate surface area is 185 Å². The van der Waals surface area contributed by atoms with Gasteiger partial charge in [0, 0.05) is 34.5 Å². The van der Waals surface area contributed by atoms with Crippen molar-refractivity contribution in [2.75, 3.05) is 4.90 Å². The van der Waals surface area contributed by atoms with Gasteiger partial charge in [-0.2, -0.15) is 8.78 Å². The van der Waals surface area contributed by atoms with Crippen molar-refractivity contribution in [1.29, 1.82) is 0 Å². The molecule has 4 aromatic rings. The number of aromatic nitrogens is 2. The Morgan fingerprint density at radius 1 is 0.879 bits per heavy atom. The van der Waals surface area contributed by atoms with Crippen molar-refractivity contribution in [3.8, 4) is 22.6 Å². The lowest BCUT2D eigenvalue weighted by Crippen LogP contribution is -2.21. The first-order valence-corrected chi connectivity index (χ1v) is 10.1. The van der Waals surface area contributed by atoms with Crippen LogP contribution in [0.1, 0.15) is 41.7 Å². The van der Waals surface area contributed by atoms with Crippen LogP contribution in [0.2, 0.25) is 0 Å². The van der Waals surface area contributed by atoms with E-state index in [9.17, 15) is 22.7 Å². The van der Waals surface area contributed by atoms with Gasteiger partial charge in [0.25, 0.3) is 12.3 Å². The van der Waals surface area contributed by atoms with Gasteiger partial charge in [-0.3, -0.25) is 0 Å². The third-order valence-electron chi connectivity index (χ3n) is 5.62. The summed E-state index contributed by atoms with van der Waals surface area (Å²) in [6.07, 6.45) is -6.43. The molecule has 5 rings (SSSR count). The van der Waals surface area contributed by atoms with Crippen LogP contribution in [0.3, 0.4) is 0 Å². The number of aliphatic hydroxyl groups is 1. The number of rotatable bonds is 5. The average Bonchev–Trinajstić information content (AvgIpc) is 3.44. The maximum absolute atomic E-state index is 12.9. The van der Waals surface area contributed by atoms with Gasteiger partial charge in [-0.05, 0) is 29.3 Å². The van der Waals surface area contributed by atoms with Crippen molar-refractivity contribution in [2.45, 2.75) is 25.6 Å². The quantitative estimate of drug-likeness (QED) is 0.359. The molecule has 3 aromatic carbocycles. The molecule has 1 aliphatic rings. The molecule has 2 heterocycles. The van der Waals surface area contributed by atoms with E-state index in [0.29, 0.717) is 17.7 Å². The predicted molar refractivity (Wildman–Crippen MR) is 113 cm³/mol. The van der Waals surface area contributed by atoms with Gasteiger partial charge in [0.1, 0.15) is 0 Å². The lowest BCUT2D eigenvalue weighted by molar-refractivity contribution is 0.116. The van der Waals surface area contributed by atoms with Crippen molar-refractivity contribution in [3.63, 3.8) is 0 Å². The first kappa shape index (κ1) is 21.1. The molecule has 0 saturated carbocycles. The Morgan fingerprint density at radius 3 is 2.30 bits per heavy atom. The lowest BCUT2D eigenvalue weighted by Gasteiger charge is -2.26. The second-order valence-electron chi connectivity index (χ2n) is 7.60. The molecule has 9 heteroatoms. The summed E-state index contributed by atoms with van der Waals surface area (Å²) in [5.74, 6) is -0.822. The Hall–Kier alpha value is -3.72. The maximum atomic E-state index is 12.9. The summed E-state index contributed by atoms with van der Waals surface area (Å²) in [5, 5.41) is 18.1. The van der Waals surface area contributed by atoms with Crippen LogP contribution in [0.15, 0.2) is 71.1 Å². The highest BCUT2D eigenvalue weighted by atomic mass is 19.3. The molecule has 0 radical (unpaired) electrons. The molecular weight excluding hydrogens is 438 g/mol. The topological polar surface area (TPSA) is 62.4 Å². The van der Waals surface area contributed by atoms with E-state index in [1.807, 2.05) is 24.3 Å². The Balaban J connectivity index is 1.47. The van der Waals surface area contributed by atoms with Gasteiger partial charge in [-0.1, -0.05) is 48.5 Å². The van der Waals surface area contributed by atoms with E-state index in [1.165, 1.54) is 12.1 Å². The van der Waals surface area contributed by atoms with Crippen LogP contribution in [-0.2, 0) is 6.54 Å². The SMILES string of the molecule is OC1c2cc(-c3nnc(C(F)F)o3)ccc2CN1c1ccccc1-c1ccc(C(F)F)cc1. The molecule has 1 aliphatic heterocycles. The average molecular weight is 455 g/mol.